The van der Waals surface area contributed by atoms with Gasteiger partial charge in [-0.15, -0.1) is 0 Å². The van der Waals surface area contributed by atoms with Crippen molar-refractivity contribution in [1.82, 2.24) is 5.32 Å². The third-order valence-electron chi connectivity index (χ3n) is 3.00. The molecule has 1 fully saturated rings. The highest BCUT2D eigenvalue weighted by atomic mass is 16.5. The first-order chi connectivity index (χ1) is 6.68. The molecule has 1 saturated carbocycles. The van der Waals surface area contributed by atoms with Crippen molar-refractivity contribution in [1.29, 1.82) is 0 Å². The lowest BCUT2D eigenvalue weighted by Gasteiger charge is -2.42. The van der Waals surface area contributed by atoms with E-state index in [0.717, 1.165) is 19.7 Å². The number of nitrogens with one attached hydrogen (secondary N) is 1. The van der Waals surface area contributed by atoms with Crippen molar-refractivity contribution in [2.24, 2.45) is 5.92 Å². The Morgan fingerprint density at radius 2 is 2.07 bits per heavy atom. The van der Waals surface area contributed by atoms with E-state index in [0.29, 0.717) is 5.92 Å². The first-order valence-electron chi connectivity index (χ1n) is 6.03. The summed E-state index contributed by atoms with van der Waals surface area (Å²) < 4.78 is 6.03. The van der Waals surface area contributed by atoms with Gasteiger partial charge in [0.1, 0.15) is 0 Å². The summed E-state index contributed by atoms with van der Waals surface area (Å²) in [5, 5.41) is 3.38. The largest absolute Gasteiger partial charge is 0.375 e. The van der Waals surface area contributed by atoms with Crippen molar-refractivity contribution in [3.8, 4) is 0 Å². The van der Waals surface area contributed by atoms with Crippen LogP contribution in [0.25, 0.3) is 0 Å². The Bertz CT molecular complexity index is 152. The van der Waals surface area contributed by atoms with Crippen LogP contribution in [0.5, 0.6) is 0 Å². The Kier molecular flexibility index (Phi) is 4.90. The SMILES string of the molecule is CCNCCC1(OCC(C)C)CCC1. The molecule has 84 valence electrons. The van der Waals surface area contributed by atoms with Crippen LogP contribution in [0.4, 0.5) is 0 Å². The highest BCUT2D eigenvalue weighted by molar-refractivity contribution is 4.90. The second-order valence-electron chi connectivity index (χ2n) is 4.84. The quantitative estimate of drug-likeness (QED) is 0.636. The Labute approximate surface area is 88.4 Å². The molecule has 1 aliphatic rings. The molecule has 0 aromatic carbocycles. The van der Waals surface area contributed by atoms with E-state index in [1.165, 1.54) is 25.7 Å². The van der Waals surface area contributed by atoms with Crippen LogP contribution in [-0.2, 0) is 4.74 Å². The van der Waals surface area contributed by atoms with Crippen LogP contribution in [-0.4, -0.2) is 25.3 Å². The topological polar surface area (TPSA) is 21.3 Å². The van der Waals surface area contributed by atoms with Crippen LogP contribution >= 0.6 is 0 Å². The second-order valence-corrected chi connectivity index (χ2v) is 4.84. The summed E-state index contributed by atoms with van der Waals surface area (Å²) in [7, 11) is 0. The minimum atomic E-state index is 0.242. The van der Waals surface area contributed by atoms with Crippen LogP contribution in [0.2, 0.25) is 0 Å². The predicted octanol–water partition coefficient (Wildman–Crippen LogP) is 2.58. The van der Waals surface area contributed by atoms with Crippen LogP contribution < -0.4 is 5.32 Å². The van der Waals surface area contributed by atoms with Gasteiger partial charge in [0, 0.05) is 6.61 Å². The van der Waals surface area contributed by atoms with Crippen molar-refractivity contribution in [3.63, 3.8) is 0 Å². The Morgan fingerprint density at radius 3 is 2.50 bits per heavy atom. The van der Waals surface area contributed by atoms with E-state index in [2.05, 4.69) is 26.1 Å². The number of rotatable bonds is 7. The predicted molar refractivity (Wildman–Crippen MR) is 60.5 cm³/mol. The van der Waals surface area contributed by atoms with Gasteiger partial charge in [-0.2, -0.15) is 0 Å². The molecule has 0 amide bonds. The lowest BCUT2D eigenvalue weighted by Crippen LogP contribution is -2.43. The fourth-order valence-corrected chi connectivity index (χ4v) is 1.87. The van der Waals surface area contributed by atoms with Gasteiger partial charge in [-0.25, -0.2) is 0 Å². The van der Waals surface area contributed by atoms with Gasteiger partial charge >= 0.3 is 0 Å². The van der Waals surface area contributed by atoms with Gasteiger partial charge in [-0.05, 0) is 44.7 Å². The summed E-state index contributed by atoms with van der Waals surface area (Å²) in [6, 6.07) is 0. The average Bonchev–Trinajstić information content (AvgIpc) is 2.08. The van der Waals surface area contributed by atoms with Crippen molar-refractivity contribution in [2.75, 3.05) is 19.7 Å². The third kappa shape index (κ3) is 3.58. The van der Waals surface area contributed by atoms with Gasteiger partial charge in [0.15, 0.2) is 0 Å². The molecule has 0 unspecified atom stereocenters. The van der Waals surface area contributed by atoms with Gasteiger partial charge in [-0.1, -0.05) is 20.8 Å². The monoisotopic (exact) mass is 199 g/mol. The maximum atomic E-state index is 6.03. The molecule has 0 bridgehead atoms. The van der Waals surface area contributed by atoms with E-state index < -0.39 is 0 Å². The van der Waals surface area contributed by atoms with Crippen molar-refractivity contribution in [2.45, 2.75) is 52.1 Å². The summed E-state index contributed by atoms with van der Waals surface area (Å²) in [5.74, 6) is 0.659. The molecule has 0 spiro atoms. The zero-order valence-corrected chi connectivity index (χ0v) is 9.94. The molecule has 0 heterocycles. The van der Waals surface area contributed by atoms with Gasteiger partial charge in [0.25, 0.3) is 0 Å². The minimum absolute atomic E-state index is 0.242. The summed E-state index contributed by atoms with van der Waals surface area (Å²) in [6.45, 7) is 9.69. The van der Waals surface area contributed by atoms with E-state index in [1.807, 2.05) is 0 Å². The standard InChI is InChI=1S/C12H25NO/c1-4-13-9-8-12(6-5-7-12)14-10-11(2)3/h11,13H,4-10H2,1-3H3. The first kappa shape index (κ1) is 12.0. The maximum absolute atomic E-state index is 6.03. The normalized spacial score (nSPS) is 19.7. The Balaban J connectivity index is 2.19. The fraction of sp³-hybridized carbons (Fsp3) is 1.00. The molecular formula is C12H25NO. The van der Waals surface area contributed by atoms with E-state index in [9.17, 15) is 0 Å². The van der Waals surface area contributed by atoms with Crippen molar-refractivity contribution < 1.29 is 4.74 Å². The highest BCUT2D eigenvalue weighted by Crippen LogP contribution is 2.38. The molecular weight excluding hydrogens is 174 g/mol. The number of ether oxygens (including phenoxy) is 1. The molecule has 1 N–H and O–H groups in total. The first-order valence-corrected chi connectivity index (χ1v) is 6.03. The lowest BCUT2D eigenvalue weighted by atomic mass is 9.77. The van der Waals surface area contributed by atoms with Crippen molar-refractivity contribution >= 4 is 0 Å². The van der Waals surface area contributed by atoms with Crippen LogP contribution in [0.15, 0.2) is 0 Å². The molecule has 1 rings (SSSR count). The third-order valence-corrected chi connectivity index (χ3v) is 3.00. The second kappa shape index (κ2) is 5.72. The van der Waals surface area contributed by atoms with E-state index in [1.54, 1.807) is 0 Å². The van der Waals surface area contributed by atoms with E-state index >= 15 is 0 Å². The Hall–Kier alpha value is -0.0800. The molecule has 2 nitrogen and oxygen atoms in total. The van der Waals surface area contributed by atoms with Gasteiger partial charge in [0.05, 0.1) is 5.60 Å². The molecule has 0 aliphatic heterocycles. The average molecular weight is 199 g/mol. The minimum Gasteiger partial charge on any atom is -0.375 e. The zero-order valence-electron chi connectivity index (χ0n) is 9.94. The molecule has 0 radical (unpaired) electrons. The van der Waals surface area contributed by atoms with Gasteiger partial charge < -0.3 is 10.1 Å². The van der Waals surface area contributed by atoms with E-state index in [-0.39, 0.29) is 5.60 Å². The summed E-state index contributed by atoms with van der Waals surface area (Å²) in [6.07, 6.45) is 5.08. The summed E-state index contributed by atoms with van der Waals surface area (Å²) in [5.41, 5.74) is 0.242. The fourth-order valence-electron chi connectivity index (χ4n) is 1.87. The van der Waals surface area contributed by atoms with Crippen LogP contribution in [0, 0.1) is 5.92 Å². The maximum Gasteiger partial charge on any atom is 0.0694 e. The molecule has 0 saturated heterocycles. The highest BCUT2D eigenvalue weighted by Gasteiger charge is 2.37. The molecule has 0 atom stereocenters. The summed E-state index contributed by atoms with van der Waals surface area (Å²) >= 11 is 0. The summed E-state index contributed by atoms with van der Waals surface area (Å²) in [4.78, 5) is 0. The number of hydrogen-bond donors (Lipinski definition) is 1. The molecule has 0 aromatic heterocycles. The smallest absolute Gasteiger partial charge is 0.0694 e. The molecule has 1 aliphatic carbocycles. The molecule has 2 heteroatoms. The van der Waals surface area contributed by atoms with Crippen LogP contribution in [0.1, 0.15) is 46.5 Å². The zero-order chi connectivity index (χ0) is 10.4. The van der Waals surface area contributed by atoms with Crippen LogP contribution in [0.3, 0.4) is 0 Å². The van der Waals surface area contributed by atoms with Crippen molar-refractivity contribution in [3.05, 3.63) is 0 Å². The Morgan fingerprint density at radius 1 is 1.36 bits per heavy atom. The molecule has 14 heavy (non-hydrogen) atoms. The molecule has 0 aromatic rings. The van der Waals surface area contributed by atoms with Gasteiger partial charge in [-0.3, -0.25) is 0 Å². The van der Waals surface area contributed by atoms with E-state index in [4.69, 9.17) is 4.74 Å². The lowest BCUT2D eigenvalue weighted by molar-refractivity contribution is -0.112. The number of hydrogen-bond acceptors (Lipinski definition) is 2. The van der Waals surface area contributed by atoms with Gasteiger partial charge in [0.2, 0.25) is 0 Å².